The van der Waals surface area contributed by atoms with Crippen LogP contribution in [0.2, 0.25) is 0 Å². The molecule has 0 fully saturated rings. The summed E-state index contributed by atoms with van der Waals surface area (Å²) in [6.07, 6.45) is 8.02. The Morgan fingerprint density at radius 3 is 2.75 bits per heavy atom. The van der Waals surface area contributed by atoms with Gasteiger partial charge in [-0.2, -0.15) is 5.26 Å². The molecule has 0 N–H and O–H groups in total. The molecule has 1 unspecified atom stereocenters. The zero-order valence-electron chi connectivity index (χ0n) is 15.8. The van der Waals surface area contributed by atoms with Gasteiger partial charge in [-0.15, -0.1) is 0 Å². The van der Waals surface area contributed by atoms with Crippen LogP contribution in [0.1, 0.15) is 35.2 Å². The lowest BCUT2D eigenvalue weighted by Crippen LogP contribution is -2.02. The lowest BCUT2D eigenvalue weighted by molar-refractivity contribution is 0.826. The van der Waals surface area contributed by atoms with Crippen LogP contribution in [0.4, 0.5) is 0 Å². The number of aromatic nitrogens is 2. The van der Waals surface area contributed by atoms with E-state index < -0.39 is 0 Å². The lowest BCUT2D eigenvalue weighted by Gasteiger charge is -2.12. The van der Waals surface area contributed by atoms with E-state index in [1.165, 1.54) is 10.9 Å². The van der Waals surface area contributed by atoms with Crippen LogP contribution in [0.15, 0.2) is 79.1 Å². The van der Waals surface area contributed by atoms with Gasteiger partial charge in [0.25, 0.3) is 0 Å². The Morgan fingerprint density at radius 2 is 1.93 bits per heavy atom. The Hall–Kier alpha value is -3.64. The number of nitriles is 1. The largest absolute Gasteiger partial charge is 0.343 e. The maximum absolute atomic E-state index is 9.38. The van der Waals surface area contributed by atoms with E-state index in [-0.39, 0.29) is 5.92 Å². The van der Waals surface area contributed by atoms with Gasteiger partial charge in [-0.3, -0.25) is 4.98 Å². The smallest absolute Gasteiger partial charge is 0.0705 e. The highest BCUT2D eigenvalue weighted by atomic mass is 15.0. The Labute approximate surface area is 165 Å². The standard InChI is InChI=1S/C25H21N3/c1-19(17-26)24-10-5-8-22-13-15-28(25(22)24)18-21-7-4-6-20(16-21)11-12-23-9-2-3-14-27-23/h2-16,19H,18H2,1H3/b12-11+. The second-order valence-corrected chi connectivity index (χ2v) is 6.91. The van der Waals surface area contributed by atoms with E-state index in [1.807, 2.05) is 37.3 Å². The zero-order valence-corrected chi connectivity index (χ0v) is 15.8. The van der Waals surface area contributed by atoms with Gasteiger partial charge >= 0.3 is 0 Å². The van der Waals surface area contributed by atoms with Crippen molar-refractivity contribution in [2.24, 2.45) is 0 Å². The molecule has 1 atom stereocenters. The van der Waals surface area contributed by atoms with E-state index in [1.54, 1.807) is 6.20 Å². The summed E-state index contributed by atoms with van der Waals surface area (Å²) in [6.45, 7) is 2.72. The number of pyridine rings is 1. The number of rotatable bonds is 5. The van der Waals surface area contributed by atoms with Crippen molar-refractivity contribution in [3.63, 3.8) is 0 Å². The number of para-hydroxylation sites is 1. The van der Waals surface area contributed by atoms with Crippen LogP contribution in [0.5, 0.6) is 0 Å². The second kappa shape index (κ2) is 7.94. The molecule has 0 saturated carbocycles. The molecule has 0 radical (unpaired) electrons. The molecule has 0 aliphatic rings. The summed E-state index contributed by atoms with van der Waals surface area (Å²) >= 11 is 0. The molecule has 0 bridgehead atoms. The monoisotopic (exact) mass is 363 g/mol. The zero-order chi connectivity index (χ0) is 19.3. The van der Waals surface area contributed by atoms with Crippen molar-refractivity contribution in [3.8, 4) is 6.07 Å². The first-order valence-corrected chi connectivity index (χ1v) is 9.40. The number of hydrogen-bond acceptors (Lipinski definition) is 2. The number of nitrogens with zero attached hydrogens (tertiary/aromatic N) is 3. The maximum Gasteiger partial charge on any atom is 0.0705 e. The number of fused-ring (bicyclic) bond motifs is 1. The van der Waals surface area contributed by atoms with Crippen molar-refractivity contribution >= 4 is 23.1 Å². The molecular formula is C25H21N3. The minimum absolute atomic E-state index is 0.134. The lowest BCUT2D eigenvalue weighted by atomic mass is 10.00. The summed E-state index contributed by atoms with van der Waals surface area (Å²) < 4.78 is 2.24. The molecule has 28 heavy (non-hydrogen) atoms. The van der Waals surface area contributed by atoms with Gasteiger partial charge in [0.15, 0.2) is 0 Å². The molecule has 3 nitrogen and oxygen atoms in total. The van der Waals surface area contributed by atoms with Gasteiger partial charge < -0.3 is 4.57 Å². The van der Waals surface area contributed by atoms with Crippen molar-refractivity contribution in [3.05, 3.63) is 102 Å². The highest BCUT2D eigenvalue weighted by Crippen LogP contribution is 2.27. The molecule has 0 aliphatic carbocycles. The van der Waals surface area contributed by atoms with Crippen LogP contribution in [0, 0.1) is 11.3 Å². The topological polar surface area (TPSA) is 41.6 Å². The van der Waals surface area contributed by atoms with Gasteiger partial charge in [0.1, 0.15) is 0 Å². The molecule has 4 rings (SSSR count). The van der Waals surface area contributed by atoms with E-state index in [9.17, 15) is 5.26 Å². The van der Waals surface area contributed by atoms with Crippen molar-refractivity contribution < 1.29 is 0 Å². The summed E-state index contributed by atoms with van der Waals surface area (Å²) in [7, 11) is 0. The van der Waals surface area contributed by atoms with Crippen LogP contribution in [0.3, 0.4) is 0 Å². The first kappa shape index (κ1) is 17.8. The molecule has 0 saturated heterocycles. The van der Waals surface area contributed by atoms with E-state index >= 15 is 0 Å². The molecule has 2 aromatic heterocycles. The minimum Gasteiger partial charge on any atom is -0.343 e. The maximum atomic E-state index is 9.38. The Balaban J connectivity index is 1.64. The highest BCUT2D eigenvalue weighted by molar-refractivity contribution is 5.84. The van der Waals surface area contributed by atoms with Gasteiger partial charge in [-0.1, -0.05) is 48.5 Å². The SMILES string of the molecule is CC(C#N)c1cccc2ccn(Cc3cccc(/C=C/c4ccccn4)c3)c12. The summed E-state index contributed by atoms with van der Waals surface area (Å²) in [5, 5.41) is 10.6. The van der Waals surface area contributed by atoms with Gasteiger partial charge in [0, 0.05) is 18.9 Å². The summed E-state index contributed by atoms with van der Waals surface area (Å²) in [5.74, 6) is -0.134. The minimum atomic E-state index is -0.134. The number of benzene rings is 2. The Bertz CT molecular complexity index is 1160. The third-order valence-corrected chi connectivity index (χ3v) is 4.92. The van der Waals surface area contributed by atoms with Gasteiger partial charge in [0.2, 0.25) is 0 Å². The van der Waals surface area contributed by atoms with Crippen molar-refractivity contribution in [2.45, 2.75) is 19.4 Å². The average molecular weight is 363 g/mol. The number of hydrogen-bond donors (Lipinski definition) is 0. The van der Waals surface area contributed by atoms with E-state index in [0.717, 1.165) is 28.9 Å². The van der Waals surface area contributed by atoms with Crippen molar-refractivity contribution in [2.75, 3.05) is 0 Å². The van der Waals surface area contributed by atoms with Crippen LogP contribution in [0.25, 0.3) is 23.1 Å². The molecule has 2 heterocycles. The quantitative estimate of drug-likeness (QED) is 0.444. The summed E-state index contributed by atoms with van der Waals surface area (Å²) in [4.78, 5) is 4.33. The molecule has 136 valence electrons. The van der Waals surface area contributed by atoms with Gasteiger partial charge in [-0.25, -0.2) is 0 Å². The van der Waals surface area contributed by atoms with Crippen molar-refractivity contribution in [1.29, 1.82) is 5.26 Å². The van der Waals surface area contributed by atoms with Crippen LogP contribution in [-0.2, 0) is 6.54 Å². The third kappa shape index (κ3) is 3.72. The van der Waals surface area contributed by atoms with Crippen LogP contribution >= 0.6 is 0 Å². The van der Waals surface area contributed by atoms with Crippen molar-refractivity contribution in [1.82, 2.24) is 9.55 Å². The summed E-state index contributed by atoms with van der Waals surface area (Å²) in [5.41, 5.74) is 5.53. The van der Waals surface area contributed by atoms with E-state index in [0.29, 0.717) is 0 Å². The van der Waals surface area contributed by atoms with Crippen LogP contribution in [-0.4, -0.2) is 9.55 Å². The molecule has 3 heteroatoms. The first-order chi connectivity index (χ1) is 13.7. The Morgan fingerprint density at radius 1 is 1.04 bits per heavy atom. The normalized spacial score (nSPS) is 12.3. The fourth-order valence-corrected chi connectivity index (χ4v) is 3.49. The predicted molar refractivity (Wildman–Crippen MR) is 115 cm³/mol. The fraction of sp³-hybridized carbons (Fsp3) is 0.120. The Kier molecular flexibility index (Phi) is 5.03. The molecule has 0 aliphatic heterocycles. The third-order valence-electron chi connectivity index (χ3n) is 4.92. The second-order valence-electron chi connectivity index (χ2n) is 6.91. The molecule has 0 spiro atoms. The average Bonchev–Trinajstić information content (AvgIpc) is 3.15. The first-order valence-electron chi connectivity index (χ1n) is 9.40. The fourth-order valence-electron chi connectivity index (χ4n) is 3.49. The van der Waals surface area contributed by atoms with E-state index in [2.05, 4.69) is 70.4 Å². The highest BCUT2D eigenvalue weighted by Gasteiger charge is 2.12. The van der Waals surface area contributed by atoms with Crippen LogP contribution < -0.4 is 0 Å². The van der Waals surface area contributed by atoms with E-state index in [4.69, 9.17) is 0 Å². The summed E-state index contributed by atoms with van der Waals surface area (Å²) in [6, 6.07) is 25.1. The molecule has 2 aromatic carbocycles. The van der Waals surface area contributed by atoms with Gasteiger partial charge in [-0.05, 0) is 59.3 Å². The van der Waals surface area contributed by atoms with Gasteiger partial charge in [0.05, 0.1) is 23.2 Å². The predicted octanol–water partition coefficient (Wildman–Crippen LogP) is 5.88. The molecule has 0 amide bonds. The molecule has 4 aromatic rings. The molecular weight excluding hydrogens is 342 g/mol.